The molecule has 1 aromatic carbocycles. The Hall–Kier alpha value is -1.62. The molecule has 0 spiro atoms. The van der Waals surface area contributed by atoms with Crippen molar-refractivity contribution in [3.8, 4) is 0 Å². The normalized spacial score (nSPS) is 12.2. The summed E-state index contributed by atoms with van der Waals surface area (Å²) in [4.78, 5) is 12.4. The predicted molar refractivity (Wildman–Crippen MR) is 82.6 cm³/mol. The monoisotopic (exact) mass is 335 g/mol. The number of benzene rings is 1. The molecule has 0 aliphatic rings. The van der Waals surface area contributed by atoms with E-state index in [0.717, 1.165) is 22.2 Å². The van der Waals surface area contributed by atoms with Gasteiger partial charge in [-0.25, -0.2) is 0 Å². The van der Waals surface area contributed by atoms with Crippen LogP contribution in [0.2, 0.25) is 0 Å². The van der Waals surface area contributed by atoms with E-state index >= 15 is 0 Å². The third-order valence-electron chi connectivity index (χ3n) is 3.28. The van der Waals surface area contributed by atoms with Gasteiger partial charge in [0.2, 0.25) is 0 Å². The van der Waals surface area contributed by atoms with E-state index < -0.39 is 0 Å². The van der Waals surface area contributed by atoms with E-state index in [1.807, 2.05) is 37.3 Å². The molecule has 5 heteroatoms. The van der Waals surface area contributed by atoms with E-state index in [1.54, 1.807) is 11.7 Å². The van der Waals surface area contributed by atoms with E-state index in [9.17, 15) is 4.79 Å². The summed E-state index contributed by atoms with van der Waals surface area (Å²) in [7, 11) is 1.77. The molecule has 1 heterocycles. The second-order valence-corrected chi connectivity index (χ2v) is 5.51. The second-order valence-electron chi connectivity index (χ2n) is 4.72. The Morgan fingerprint density at radius 3 is 2.55 bits per heavy atom. The smallest absolute Gasteiger partial charge is 0.271 e. The zero-order valence-electron chi connectivity index (χ0n) is 11.9. The van der Waals surface area contributed by atoms with Gasteiger partial charge in [-0.15, -0.1) is 0 Å². The molecule has 2 rings (SSSR count). The Bertz CT molecular complexity index is 607. The molecule has 1 unspecified atom stereocenters. The number of halogens is 1. The lowest BCUT2D eigenvalue weighted by atomic mass is 10.0. The van der Waals surface area contributed by atoms with Crippen molar-refractivity contribution < 1.29 is 4.79 Å². The second kappa shape index (κ2) is 6.22. The lowest BCUT2D eigenvalue weighted by Gasteiger charge is -2.17. The zero-order valence-corrected chi connectivity index (χ0v) is 13.4. The number of aromatic nitrogens is 2. The highest BCUT2D eigenvalue weighted by Crippen LogP contribution is 2.22. The topological polar surface area (TPSA) is 46.9 Å². The molecule has 1 atom stereocenters. The van der Waals surface area contributed by atoms with Crippen LogP contribution >= 0.6 is 15.9 Å². The minimum Gasteiger partial charge on any atom is -0.344 e. The molecule has 1 amide bonds. The van der Waals surface area contributed by atoms with E-state index in [1.165, 1.54) is 0 Å². The van der Waals surface area contributed by atoms with E-state index in [-0.39, 0.29) is 11.9 Å². The molecule has 0 saturated carbocycles. The first kappa shape index (κ1) is 14.8. The largest absolute Gasteiger partial charge is 0.344 e. The standard InChI is InChI=1S/C15H18BrN3O/c1-4-12(11-8-6-5-7-9-11)17-15(20)14-13(16)10(2)18-19(14)3/h5-9,12H,4H2,1-3H3,(H,17,20). The van der Waals surface area contributed by atoms with Gasteiger partial charge in [0.1, 0.15) is 5.69 Å². The number of hydrogen-bond acceptors (Lipinski definition) is 2. The molecule has 0 aliphatic heterocycles. The van der Waals surface area contributed by atoms with Gasteiger partial charge in [-0.1, -0.05) is 37.3 Å². The van der Waals surface area contributed by atoms with Crippen LogP contribution in [-0.2, 0) is 7.05 Å². The summed E-state index contributed by atoms with van der Waals surface area (Å²) in [5, 5.41) is 7.31. The summed E-state index contributed by atoms with van der Waals surface area (Å²) < 4.78 is 2.35. The number of nitrogens with zero attached hydrogens (tertiary/aromatic N) is 2. The summed E-state index contributed by atoms with van der Waals surface area (Å²) in [5.41, 5.74) is 2.47. The van der Waals surface area contributed by atoms with Crippen LogP contribution < -0.4 is 5.32 Å². The molecule has 0 aliphatic carbocycles. The third-order valence-corrected chi connectivity index (χ3v) is 4.23. The Labute approximate surface area is 127 Å². The molecule has 106 valence electrons. The maximum atomic E-state index is 12.4. The molecule has 4 nitrogen and oxygen atoms in total. The van der Waals surface area contributed by atoms with Crippen molar-refractivity contribution in [2.24, 2.45) is 7.05 Å². The van der Waals surface area contributed by atoms with E-state index in [2.05, 4.69) is 33.3 Å². The molecule has 2 aromatic rings. The quantitative estimate of drug-likeness (QED) is 0.931. The van der Waals surface area contributed by atoms with Crippen molar-refractivity contribution in [2.45, 2.75) is 26.3 Å². The van der Waals surface area contributed by atoms with Crippen molar-refractivity contribution in [3.63, 3.8) is 0 Å². The van der Waals surface area contributed by atoms with Crippen LogP contribution in [0.25, 0.3) is 0 Å². The van der Waals surface area contributed by atoms with Crippen molar-refractivity contribution in [1.82, 2.24) is 15.1 Å². The maximum absolute atomic E-state index is 12.4. The van der Waals surface area contributed by atoms with Gasteiger partial charge in [0.15, 0.2) is 0 Å². The molecule has 0 bridgehead atoms. The lowest BCUT2D eigenvalue weighted by Crippen LogP contribution is -2.30. The number of amides is 1. The van der Waals surface area contributed by atoms with Crippen LogP contribution in [0.3, 0.4) is 0 Å². The summed E-state index contributed by atoms with van der Waals surface area (Å²) in [5.74, 6) is -0.115. The fourth-order valence-corrected chi connectivity index (χ4v) is 2.73. The summed E-state index contributed by atoms with van der Waals surface area (Å²) in [6.45, 7) is 3.93. The van der Waals surface area contributed by atoms with Crippen molar-refractivity contribution >= 4 is 21.8 Å². The van der Waals surface area contributed by atoms with Crippen LogP contribution in [0.1, 0.15) is 41.1 Å². The van der Waals surface area contributed by atoms with Gasteiger partial charge in [0.25, 0.3) is 5.91 Å². The first-order valence-corrected chi connectivity index (χ1v) is 7.38. The fourth-order valence-electron chi connectivity index (χ4n) is 2.21. The number of carbonyl (C=O) groups is 1. The Balaban J connectivity index is 2.22. The van der Waals surface area contributed by atoms with Crippen molar-refractivity contribution in [2.75, 3.05) is 0 Å². The van der Waals surface area contributed by atoms with E-state index in [0.29, 0.717) is 5.69 Å². The molecule has 1 aromatic heterocycles. The van der Waals surface area contributed by atoms with Crippen molar-refractivity contribution in [1.29, 1.82) is 0 Å². The predicted octanol–water partition coefficient (Wildman–Crippen LogP) is 3.37. The van der Waals surface area contributed by atoms with Crippen LogP contribution in [0, 0.1) is 6.92 Å². The average Bonchev–Trinajstić information content (AvgIpc) is 2.70. The number of nitrogens with one attached hydrogen (secondary N) is 1. The van der Waals surface area contributed by atoms with Gasteiger partial charge in [0.05, 0.1) is 16.2 Å². The highest BCUT2D eigenvalue weighted by Gasteiger charge is 2.21. The third kappa shape index (κ3) is 2.93. The maximum Gasteiger partial charge on any atom is 0.271 e. The van der Waals surface area contributed by atoms with Crippen LogP contribution in [0.4, 0.5) is 0 Å². The number of aryl methyl sites for hydroxylation is 2. The number of rotatable bonds is 4. The summed E-state index contributed by atoms with van der Waals surface area (Å²) >= 11 is 3.43. The van der Waals surface area contributed by atoms with Gasteiger partial charge < -0.3 is 5.32 Å². The Morgan fingerprint density at radius 1 is 1.40 bits per heavy atom. The molecule has 0 saturated heterocycles. The van der Waals surface area contributed by atoms with Gasteiger partial charge in [-0.2, -0.15) is 5.10 Å². The molecule has 0 fully saturated rings. The molecular formula is C15H18BrN3O. The van der Waals surface area contributed by atoms with Crippen LogP contribution in [0.15, 0.2) is 34.8 Å². The van der Waals surface area contributed by atoms with Gasteiger partial charge in [-0.3, -0.25) is 9.48 Å². The molecular weight excluding hydrogens is 318 g/mol. The molecule has 1 N–H and O–H groups in total. The zero-order chi connectivity index (χ0) is 14.7. The van der Waals surface area contributed by atoms with Gasteiger partial charge >= 0.3 is 0 Å². The first-order valence-electron chi connectivity index (χ1n) is 6.59. The average molecular weight is 336 g/mol. The van der Waals surface area contributed by atoms with Crippen LogP contribution in [-0.4, -0.2) is 15.7 Å². The van der Waals surface area contributed by atoms with Crippen molar-refractivity contribution in [3.05, 3.63) is 51.8 Å². The number of carbonyl (C=O) groups excluding carboxylic acids is 1. The highest BCUT2D eigenvalue weighted by atomic mass is 79.9. The molecule has 20 heavy (non-hydrogen) atoms. The minimum absolute atomic E-state index is 0.00538. The van der Waals surface area contributed by atoms with Gasteiger partial charge in [-0.05, 0) is 34.8 Å². The summed E-state index contributed by atoms with van der Waals surface area (Å²) in [6, 6.07) is 9.99. The SMILES string of the molecule is CCC(NC(=O)c1c(Br)c(C)nn1C)c1ccccc1. The van der Waals surface area contributed by atoms with E-state index in [4.69, 9.17) is 0 Å². The Kier molecular flexibility index (Phi) is 4.60. The Morgan fingerprint density at radius 2 is 2.05 bits per heavy atom. The lowest BCUT2D eigenvalue weighted by molar-refractivity contribution is 0.0925. The van der Waals surface area contributed by atoms with Crippen LogP contribution in [0.5, 0.6) is 0 Å². The summed E-state index contributed by atoms with van der Waals surface area (Å²) in [6.07, 6.45) is 0.838. The highest BCUT2D eigenvalue weighted by molar-refractivity contribution is 9.10. The fraction of sp³-hybridized carbons (Fsp3) is 0.333. The molecule has 0 radical (unpaired) electrons. The first-order chi connectivity index (χ1) is 9.54. The minimum atomic E-state index is -0.115. The van der Waals surface area contributed by atoms with Gasteiger partial charge in [0, 0.05) is 7.05 Å². The number of hydrogen-bond donors (Lipinski definition) is 1.